The molecule has 0 amide bonds. The van der Waals surface area contributed by atoms with Crippen LogP contribution in [0.25, 0.3) is 11.0 Å². The van der Waals surface area contributed by atoms with Crippen molar-refractivity contribution in [1.29, 1.82) is 0 Å². The number of ether oxygens (including phenoxy) is 2. The second-order valence-corrected chi connectivity index (χ2v) is 4.96. The predicted octanol–water partition coefficient (Wildman–Crippen LogP) is 1.59. The number of nitrogens with zero attached hydrogens (tertiary/aromatic N) is 3. The van der Waals surface area contributed by atoms with E-state index in [2.05, 4.69) is 20.5 Å². The average Bonchev–Trinajstić information content (AvgIpc) is 2.76. The van der Waals surface area contributed by atoms with Crippen molar-refractivity contribution >= 4 is 17.0 Å². The maximum Gasteiger partial charge on any atom is 0.243 e. The first kappa shape index (κ1) is 12.3. The Bertz CT molecular complexity index is 588. The lowest BCUT2D eigenvalue weighted by Gasteiger charge is -2.17. The molecule has 1 aromatic carbocycles. The highest BCUT2D eigenvalue weighted by molar-refractivity contribution is 5.73. The van der Waals surface area contributed by atoms with Crippen LogP contribution in [0, 0.1) is 0 Å². The van der Waals surface area contributed by atoms with E-state index in [0.717, 1.165) is 11.0 Å². The number of nitrogens with one attached hydrogen (secondary N) is 1. The van der Waals surface area contributed by atoms with E-state index < -0.39 is 5.79 Å². The van der Waals surface area contributed by atoms with Crippen LogP contribution in [0.5, 0.6) is 0 Å². The highest BCUT2D eigenvalue weighted by Crippen LogP contribution is 2.22. The first-order valence-corrected chi connectivity index (χ1v) is 6.27. The van der Waals surface area contributed by atoms with Gasteiger partial charge in [-0.2, -0.15) is 0 Å². The molecule has 0 spiro atoms. The Balaban J connectivity index is 1.66. The third kappa shape index (κ3) is 2.80. The van der Waals surface area contributed by atoms with Gasteiger partial charge >= 0.3 is 0 Å². The van der Waals surface area contributed by atoms with E-state index in [1.54, 1.807) is 0 Å². The molecule has 0 radical (unpaired) electrons. The van der Waals surface area contributed by atoms with Crippen molar-refractivity contribution in [1.82, 2.24) is 15.2 Å². The smallest absolute Gasteiger partial charge is 0.243 e. The van der Waals surface area contributed by atoms with Crippen molar-refractivity contribution in [2.24, 2.45) is 0 Å². The lowest BCUT2D eigenvalue weighted by atomic mass is 10.3. The van der Waals surface area contributed by atoms with Crippen LogP contribution in [-0.4, -0.2) is 40.2 Å². The molecule has 0 saturated carbocycles. The molecule has 6 nitrogen and oxygen atoms in total. The zero-order chi connectivity index (χ0) is 13.3. The van der Waals surface area contributed by atoms with Crippen molar-refractivity contribution in [2.75, 3.05) is 18.5 Å². The summed E-state index contributed by atoms with van der Waals surface area (Å²) in [6.45, 7) is 4.98. The standard InChI is InChI=1S/C13H16N4O2/c1-13(2)18-8-9(19-13)7-14-12-15-10-5-3-4-6-11(10)16-17-12/h3-6,9H,7-8H2,1-2H3,(H,14,15,17). The Morgan fingerprint density at radius 3 is 2.79 bits per heavy atom. The summed E-state index contributed by atoms with van der Waals surface area (Å²) in [4.78, 5) is 4.39. The molecule has 1 saturated heterocycles. The van der Waals surface area contributed by atoms with E-state index >= 15 is 0 Å². The van der Waals surface area contributed by atoms with Crippen LogP contribution < -0.4 is 5.32 Å². The Hall–Kier alpha value is -1.79. The van der Waals surface area contributed by atoms with Crippen LogP contribution in [0.4, 0.5) is 5.95 Å². The van der Waals surface area contributed by atoms with Crippen LogP contribution in [0.3, 0.4) is 0 Å². The summed E-state index contributed by atoms with van der Waals surface area (Å²) in [5, 5.41) is 11.3. The third-order valence-corrected chi connectivity index (χ3v) is 2.92. The molecule has 2 heterocycles. The second kappa shape index (κ2) is 4.71. The number of benzene rings is 1. The number of hydrogen-bond donors (Lipinski definition) is 1. The molecule has 1 fully saturated rings. The number of para-hydroxylation sites is 1. The van der Waals surface area contributed by atoms with Crippen molar-refractivity contribution < 1.29 is 9.47 Å². The molecular weight excluding hydrogens is 244 g/mol. The zero-order valence-electron chi connectivity index (χ0n) is 11.0. The van der Waals surface area contributed by atoms with E-state index in [1.807, 2.05) is 38.1 Å². The third-order valence-electron chi connectivity index (χ3n) is 2.92. The molecule has 1 unspecified atom stereocenters. The molecular formula is C13H16N4O2. The van der Waals surface area contributed by atoms with Gasteiger partial charge in [0.25, 0.3) is 0 Å². The normalized spacial score (nSPS) is 21.7. The van der Waals surface area contributed by atoms with E-state index in [0.29, 0.717) is 19.1 Å². The Kier molecular flexibility index (Phi) is 3.04. The second-order valence-electron chi connectivity index (χ2n) is 4.96. The average molecular weight is 260 g/mol. The molecule has 6 heteroatoms. The SMILES string of the molecule is CC1(C)OCC(CNc2nnc3ccccc3n2)O1. The van der Waals surface area contributed by atoms with Crippen LogP contribution in [-0.2, 0) is 9.47 Å². The number of hydrogen-bond acceptors (Lipinski definition) is 6. The van der Waals surface area contributed by atoms with Crippen molar-refractivity contribution in [3.63, 3.8) is 0 Å². The van der Waals surface area contributed by atoms with Crippen molar-refractivity contribution in [2.45, 2.75) is 25.7 Å². The van der Waals surface area contributed by atoms with Crippen molar-refractivity contribution in [3.8, 4) is 0 Å². The number of anilines is 1. The van der Waals surface area contributed by atoms with Crippen LogP contribution >= 0.6 is 0 Å². The van der Waals surface area contributed by atoms with E-state index in [4.69, 9.17) is 9.47 Å². The Labute approximate surface area is 111 Å². The van der Waals surface area contributed by atoms with Gasteiger partial charge in [0.15, 0.2) is 5.79 Å². The molecule has 0 aliphatic carbocycles. The fraction of sp³-hybridized carbons (Fsp3) is 0.462. The van der Waals surface area contributed by atoms with Gasteiger partial charge in [-0.05, 0) is 26.0 Å². The van der Waals surface area contributed by atoms with Gasteiger partial charge in [-0.3, -0.25) is 0 Å². The van der Waals surface area contributed by atoms with Crippen LogP contribution in [0.15, 0.2) is 24.3 Å². The van der Waals surface area contributed by atoms with Gasteiger partial charge < -0.3 is 14.8 Å². The van der Waals surface area contributed by atoms with Gasteiger partial charge in [-0.15, -0.1) is 10.2 Å². The Morgan fingerprint density at radius 2 is 2.05 bits per heavy atom. The monoisotopic (exact) mass is 260 g/mol. The fourth-order valence-corrected chi connectivity index (χ4v) is 2.02. The summed E-state index contributed by atoms with van der Waals surface area (Å²) in [6.07, 6.45) is 0.00469. The summed E-state index contributed by atoms with van der Waals surface area (Å²) in [7, 11) is 0. The van der Waals surface area contributed by atoms with Gasteiger partial charge in [0, 0.05) is 6.54 Å². The van der Waals surface area contributed by atoms with E-state index in [-0.39, 0.29) is 6.10 Å². The van der Waals surface area contributed by atoms with Gasteiger partial charge in [-0.1, -0.05) is 12.1 Å². The lowest BCUT2D eigenvalue weighted by Crippen LogP contribution is -2.26. The minimum atomic E-state index is -0.505. The van der Waals surface area contributed by atoms with Gasteiger partial charge in [-0.25, -0.2) is 4.98 Å². The van der Waals surface area contributed by atoms with Crippen LogP contribution in [0.2, 0.25) is 0 Å². The molecule has 1 aliphatic rings. The van der Waals surface area contributed by atoms with Gasteiger partial charge in [0.2, 0.25) is 5.95 Å². The van der Waals surface area contributed by atoms with Gasteiger partial charge in [0.1, 0.15) is 11.6 Å². The molecule has 1 N–H and O–H groups in total. The maximum atomic E-state index is 5.70. The molecule has 2 aromatic rings. The highest BCUT2D eigenvalue weighted by Gasteiger charge is 2.32. The minimum Gasteiger partial charge on any atom is -0.350 e. The lowest BCUT2D eigenvalue weighted by molar-refractivity contribution is -0.136. The first-order chi connectivity index (χ1) is 9.12. The quantitative estimate of drug-likeness (QED) is 0.903. The minimum absolute atomic E-state index is 0.00469. The topological polar surface area (TPSA) is 69.2 Å². The number of aromatic nitrogens is 3. The zero-order valence-corrected chi connectivity index (χ0v) is 11.0. The fourth-order valence-electron chi connectivity index (χ4n) is 2.02. The molecule has 1 aliphatic heterocycles. The number of rotatable bonds is 3. The Morgan fingerprint density at radius 1 is 1.26 bits per heavy atom. The first-order valence-electron chi connectivity index (χ1n) is 6.27. The summed E-state index contributed by atoms with van der Waals surface area (Å²) in [5.74, 6) is 0.00137. The van der Waals surface area contributed by atoms with E-state index in [1.165, 1.54) is 0 Å². The maximum absolute atomic E-state index is 5.70. The molecule has 3 rings (SSSR count). The summed E-state index contributed by atoms with van der Waals surface area (Å²) >= 11 is 0. The van der Waals surface area contributed by atoms with Crippen molar-refractivity contribution in [3.05, 3.63) is 24.3 Å². The summed E-state index contributed by atoms with van der Waals surface area (Å²) in [6, 6.07) is 7.64. The molecule has 1 aromatic heterocycles. The molecule has 0 bridgehead atoms. The highest BCUT2D eigenvalue weighted by atomic mass is 16.7. The van der Waals surface area contributed by atoms with Gasteiger partial charge in [0.05, 0.1) is 12.1 Å². The molecule has 19 heavy (non-hydrogen) atoms. The summed E-state index contributed by atoms with van der Waals surface area (Å²) < 4.78 is 11.2. The van der Waals surface area contributed by atoms with Crippen LogP contribution in [0.1, 0.15) is 13.8 Å². The summed E-state index contributed by atoms with van der Waals surface area (Å²) in [5.41, 5.74) is 1.61. The predicted molar refractivity (Wildman–Crippen MR) is 70.7 cm³/mol. The number of fused-ring (bicyclic) bond motifs is 1. The molecule has 1 atom stereocenters. The molecule has 100 valence electrons. The van der Waals surface area contributed by atoms with E-state index in [9.17, 15) is 0 Å². The largest absolute Gasteiger partial charge is 0.350 e.